The van der Waals surface area contributed by atoms with E-state index in [1.807, 2.05) is 6.92 Å². The lowest BCUT2D eigenvalue weighted by Crippen LogP contribution is -2.18. The molecule has 0 aliphatic carbocycles. The lowest BCUT2D eigenvalue weighted by molar-refractivity contribution is -0.142. The number of para-hydroxylation sites is 1. The molecule has 0 fully saturated rings. The number of aliphatic carboxylic acids is 1. The van der Waals surface area contributed by atoms with Crippen molar-refractivity contribution < 1.29 is 14.7 Å². The monoisotopic (exact) mass is 297 g/mol. The number of hydrogen-bond acceptors (Lipinski definition) is 2. The summed E-state index contributed by atoms with van der Waals surface area (Å²) in [6.07, 6.45) is 2.97. The van der Waals surface area contributed by atoms with Crippen LogP contribution in [0.2, 0.25) is 5.02 Å². The SMILES string of the molecule is CCCC[C@@H](CCC(=O)Nc1ccccc1Cl)C(=O)O. The molecule has 2 N–H and O–H groups in total. The van der Waals surface area contributed by atoms with Crippen LogP contribution in [0.5, 0.6) is 0 Å². The van der Waals surface area contributed by atoms with Gasteiger partial charge in [0.1, 0.15) is 0 Å². The molecule has 0 radical (unpaired) electrons. The zero-order chi connectivity index (χ0) is 15.0. The lowest BCUT2D eigenvalue weighted by atomic mass is 9.97. The van der Waals surface area contributed by atoms with E-state index >= 15 is 0 Å². The molecule has 20 heavy (non-hydrogen) atoms. The highest BCUT2D eigenvalue weighted by Crippen LogP contribution is 2.21. The van der Waals surface area contributed by atoms with E-state index in [9.17, 15) is 9.59 Å². The van der Waals surface area contributed by atoms with Crippen LogP contribution in [-0.2, 0) is 9.59 Å². The van der Waals surface area contributed by atoms with Gasteiger partial charge in [-0.15, -0.1) is 0 Å². The van der Waals surface area contributed by atoms with E-state index in [0.29, 0.717) is 23.6 Å². The minimum absolute atomic E-state index is 0.186. The number of amides is 1. The van der Waals surface area contributed by atoms with Gasteiger partial charge >= 0.3 is 5.97 Å². The number of halogens is 1. The van der Waals surface area contributed by atoms with Gasteiger partial charge in [-0.25, -0.2) is 0 Å². The third kappa shape index (κ3) is 5.61. The Bertz CT molecular complexity index is 462. The molecule has 0 saturated carbocycles. The molecule has 4 nitrogen and oxygen atoms in total. The summed E-state index contributed by atoms with van der Waals surface area (Å²) in [5, 5.41) is 12.3. The van der Waals surface area contributed by atoms with E-state index in [2.05, 4.69) is 5.32 Å². The number of carbonyl (C=O) groups excluding carboxylic acids is 1. The number of unbranched alkanes of at least 4 members (excludes halogenated alkanes) is 1. The smallest absolute Gasteiger partial charge is 0.306 e. The van der Waals surface area contributed by atoms with Gasteiger partial charge < -0.3 is 10.4 Å². The van der Waals surface area contributed by atoms with E-state index in [1.54, 1.807) is 24.3 Å². The average Bonchev–Trinajstić information content (AvgIpc) is 2.41. The molecule has 1 aromatic carbocycles. The second-order valence-corrected chi connectivity index (χ2v) is 5.15. The Labute approximate surface area is 124 Å². The predicted octanol–water partition coefficient (Wildman–Crippen LogP) is 3.95. The van der Waals surface area contributed by atoms with Gasteiger partial charge in [0.2, 0.25) is 5.91 Å². The van der Waals surface area contributed by atoms with Crippen molar-refractivity contribution in [1.29, 1.82) is 0 Å². The van der Waals surface area contributed by atoms with Crippen molar-refractivity contribution in [2.75, 3.05) is 5.32 Å². The normalized spacial score (nSPS) is 11.9. The third-order valence-corrected chi connectivity index (χ3v) is 3.45. The number of benzene rings is 1. The summed E-state index contributed by atoms with van der Waals surface area (Å²) < 4.78 is 0. The van der Waals surface area contributed by atoms with E-state index < -0.39 is 11.9 Å². The summed E-state index contributed by atoms with van der Waals surface area (Å²) in [4.78, 5) is 22.9. The van der Waals surface area contributed by atoms with E-state index in [-0.39, 0.29) is 12.3 Å². The average molecular weight is 298 g/mol. The summed E-state index contributed by atoms with van der Waals surface area (Å²) in [6, 6.07) is 6.97. The van der Waals surface area contributed by atoms with Crippen LogP contribution in [0.4, 0.5) is 5.69 Å². The molecule has 0 aliphatic heterocycles. The van der Waals surface area contributed by atoms with Gasteiger partial charge in [-0.2, -0.15) is 0 Å². The second kappa shape index (κ2) is 8.59. The summed E-state index contributed by atoms with van der Waals surface area (Å²) in [6.45, 7) is 2.02. The Balaban J connectivity index is 2.45. The first-order valence-electron chi connectivity index (χ1n) is 6.81. The van der Waals surface area contributed by atoms with Crippen LogP contribution in [0, 0.1) is 5.92 Å². The van der Waals surface area contributed by atoms with Crippen molar-refractivity contribution in [3.05, 3.63) is 29.3 Å². The molecule has 1 atom stereocenters. The first kappa shape index (κ1) is 16.5. The number of rotatable bonds is 8. The van der Waals surface area contributed by atoms with E-state index in [4.69, 9.17) is 16.7 Å². The fraction of sp³-hybridized carbons (Fsp3) is 0.467. The van der Waals surface area contributed by atoms with Crippen molar-refractivity contribution in [3.63, 3.8) is 0 Å². The topological polar surface area (TPSA) is 66.4 Å². The zero-order valence-corrected chi connectivity index (χ0v) is 12.3. The highest BCUT2D eigenvalue weighted by Gasteiger charge is 2.18. The minimum Gasteiger partial charge on any atom is -0.481 e. The molecular formula is C15H20ClNO3. The Hall–Kier alpha value is -1.55. The molecule has 1 aromatic rings. The molecule has 0 aromatic heterocycles. The van der Waals surface area contributed by atoms with Gasteiger partial charge in [0.15, 0.2) is 0 Å². The number of anilines is 1. The molecule has 0 spiro atoms. The van der Waals surface area contributed by atoms with Crippen LogP contribution in [0.3, 0.4) is 0 Å². The highest BCUT2D eigenvalue weighted by atomic mass is 35.5. The van der Waals surface area contributed by atoms with Crippen molar-refractivity contribution in [2.24, 2.45) is 5.92 Å². The highest BCUT2D eigenvalue weighted by molar-refractivity contribution is 6.33. The number of carbonyl (C=O) groups is 2. The number of carboxylic acid groups (broad SMARTS) is 1. The summed E-state index contributed by atoms with van der Waals surface area (Å²) >= 11 is 5.94. The summed E-state index contributed by atoms with van der Waals surface area (Å²) in [5.41, 5.74) is 0.555. The van der Waals surface area contributed by atoms with Gasteiger partial charge in [-0.05, 0) is 25.0 Å². The first-order chi connectivity index (χ1) is 9.54. The second-order valence-electron chi connectivity index (χ2n) is 4.74. The Kier molecular flexibility index (Phi) is 7.09. The Morgan fingerprint density at radius 3 is 2.60 bits per heavy atom. The van der Waals surface area contributed by atoms with Crippen LogP contribution in [0.25, 0.3) is 0 Å². The number of hydrogen-bond donors (Lipinski definition) is 2. The third-order valence-electron chi connectivity index (χ3n) is 3.12. The van der Waals surface area contributed by atoms with Gasteiger partial charge in [-0.1, -0.05) is 43.5 Å². The van der Waals surface area contributed by atoms with Gasteiger partial charge in [-0.3, -0.25) is 9.59 Å². The fourth-order valence-corrected chi connectivity index (χ4v) is 2.11. The predicted molar refractivity (Wildman–Crippen MR) is 80.0 cm³/mol. The number of carboxylic acids is 1. The van der Waals surface area contributed by atoms with Crippen LogP contribution in [0.1, 0.15) is 39.0 Å². The largest absolute Gasteiger partial charge is 0.481 e. The summed E-state index contributed by atoms with van der Waals surface area (Å²) in [7, 11) is 0. The van der Waals surface area contributed by atoms with Crippen LogP contribution in [0.15, 0.2) is 24.3 Å². The van der Waals surface area contributed by atoms with Crippen molar-refractivity contribution >= 4 is 29.2 Å². The van der Waals surface area contributed by atoms with Crippen molar-refractivity contribution in [2.45, 2.75) is 39.0 Å². The first-order valence-corrected chi connectivity index (χ1v) is 7.19. The Morgan fingerprint density at radius 1 is 1.30 bits per heavy atom. The molecule has 1 rings (SSSR count). The zero-order valence-electron chi connectivity index (χ0n) is 11.6. The van der Waals surface area contributed by atoms with Crippen LogP contribution in [-0.4, -0.2) is 17.0 Å². The minimum atomic E-state index is -0.830. The standard InChI is InChI=1S/C15H20ClNO3/c1-2-3-6-11(15(19)20)9-10-14(18)17-13-8-5-4-7-12(13)16/h4-5,7-8,11H,2-3,6,9-10H2,1H3,(H,17,18)(H,19,20)/t11-/m0/s1. The maximum atomic E-state index is 11.8. The molecular weight excluding hydrogens is 278 g/mol. The Morgan fingerprint density at radius 2 is 2.00 bits per heavy atom. The fourth-order valence-electron chi connectivity index (χ4n) is 1.92. The maximum absolute atomic E-state index is 11.8. The lowest BCUT2D eigenvalue weighted by Gasteiger charge is -2.12. The molecule has 0 bridgehead atoms. The molecule has 0 aliphatic rings. The molecule has 0 saturated heterocycles. The van der Waals surface area contributed by atoms with Gasteiger partial charge in [0.05, 0.1) is 16.6 Å². The molecule has 0 unspecified atom stereocenters. The van der Waals surface area contributed by atoms with Crippen LogP contribution < -0.4 is 5.32 Å². The maximum Gasteiger partial charge on any atom is 0.306 e. The summed E-state index contributed by atoms with van der Waals surface area (Å²) in [5.74, 6) is -1.49. The van der Waals surface area contributed by atoms with Gasteiger partial charge in [0.25, 0.3) is 0 Å². The van der Waals surface area contributed by atoms with E-state index in [0.717, 1.165) is 12.8 Å². The molecule has 1 amide bonds. The van der Waals surface area contributed by atoms with Crippen molar-refractivity contribution in [1.82, 2.24) is 0 Å². The molecule has 0 heterocycles. The quantitative estimate of drug-likeness (QED) is 0.763. The van der Waals surface area contributed by atoms with E-state index in [1.165, 1.54) is 0 Å². The van der Waals surface area contributed by atoms with Crippen molar-refractivity contribution in [3.8, 4) is 0 Å². The molecule has 5 heteroatoms. The molecule has 110 valence electrons. The number of nitrogens with one attached hydrogen (secondary N) is 1. The van der Waals surface area contributed by atoms with Gasteiger partial charge in [0, 0.05) is 6.42 Å². The van der Waals surface area contributed by atoms with Crippen LogP contribution >= 0.6 is 11.6 Å².